The Labute approximate surface area is 160 Å². The first-order chi connectivity index (χ1) is 11.4. The molecular formula is C18H25Cl2NOSiZr-2. The van der Waals surface area contributed by atoms with E-state index in [4.69, 9.17) is 22.8 Å². The van der Waals surface area contributed by atoms with Gasteiger partial charge >= 0.3 is 53.5 Å². The molecule has 0 heterocycles. The number of hydrogen-bond acceptors (Lipinski definition) is 1. The summed E-state index contributed by atoms with van der Waals surface area (Å²) in [6.07, 6.45) is 5.44. The van der Waals surface area contributed by atoms with E-state index in [0.717, 1.165) is 31.6 Å². The second kappa shape index (κ2) is 12.2. The van der Waals surface area contributed by atoms with Crippen LogP contribution in [-0.4, -0.2) is 11.3 Å². The van der Waals surface area contributed by atoms with Gasteiger partial charge in [-0.2, -0.15) is 30.4 Å². The van der Waals surface area contributed by atoms with E-state index in [0.29, 0.717) is 0 Å². The minimum Gasteiger partial charge on any atom is -0.394 e. The van der Waals surface area contributed by atoms with Gasteiger partial charge in [0.05, 0.1) is 5.91 Å². The van der Waals surface area contributed by atoms with E-state index < -0.39 is 18.0 Å². The minimum atomic E-state index is -1.65. The first-order valence-electron chi connectivity index (χ1n) is 8.15. The molecule has 6 heteroatoms. The van der Waals surface area contributed by atoms with Crippen LogP contribution < -0.4 is 5.73 Å². The quantitative estimate of drug-likeness (QED) is 0.428. The molecule has 0 unspecified atom stereocenters. The molecule has 0 bridgehead atoms. The van der Waals surface area contributed by atoms with Crippen LogP contribution in [0.5, 0.6) is 0 Å². The fourth-order valence-corrected chi connectivity index (χ4v) is 2.29. The molecule has 1 aliphatic rings. The van der Waals surface area contributed by atoms with Gasteiger partial charge in [0, 0.05) is 0 Å². The van der Waals surface area contributed by atoms with Crippen molar-refractivity contribution in [1.29, 1.82) is 0 Å². The number of primary amides is 1. The van der Waals surface area contributed by atoms with Crippen molar-refractivity contribution in [3.8, 4) is 0 Å². The molecule has 0 aromatic heterocycles. The van der Waals surface area contributed by atoms with Crippen LogP contribution in [0.3, 0.4) is 0 Å². The van der Waals surface area contributed by atoms with Crippen LogP contribution >= 0.6 is 17.0 Å². The van der Waals surface area contributed by atoms with Crippen LogP contribution in [0.4, 0.5) is 0 Å². The van der Waals surface area contributed by atoms with E-state index >= 15 is 0 Å². The maximum atomic E-state index is 10.5. The van der Waals surface area contributed by atoms with E-state index in [-0.39, 0.29) is 11.3 Å². The molecule has 24 heavy (non-hydrogen) atoms. The molecule has 2 aromatic rings. The number of amides is 1. The zero-order chi connectivity index (χ0) is 17.9. The molecule has 0 saturated heterocycles. The van der Waals surface area contributed by atoms with E-state index in [1.807, 2.05) is 0 Å². The summed E-state index contributed by atoms with van der Waals surface area (Å²) in [5, 5.41) is 2.66. The summed E-state index contributed by atoms with van der Waals surface area (Å²) in [6.45, 7) is 4.33. The third-order valence-corrected chi connectivity index (χ3v) is 23.5. The van der Waals surface area contributed by atoms with Gasteiger partial charge in [-0.3, -0.25) is 5.92 Å². The second-order valence-electron chi connectivity index (χ2n) is 5.94. The minimum absolute atomic E-state index is 0.185. The topological polar surface area (TPSA) is 43.1 Å². The standard InChI is InChI=1S/C9H7.C7H12NO.C2H6Si.2ClH.Zr/c1-2-5-9-7-3-6-8(9)4-1;8-7(9)6-4-2-1-3-5-6;1-3-2;;;/h1-7H;1-5H2,(H2,8,9);1-2H3;2*1H;/q2*-1;;;;+2/p-2. The summed E-state index contributed by atoms with van der Waals surface area (Å²) in [5.41, 5.74) is 4.87. The van der Waals surface area contributed by atoms with Gasteiger partial charge in [0.15, 0.2) is 0 Å². The normalized spacial score (nSPS) is 13.2. The Kier molecular flexibility index (Phi) is 11.2. The van der Waals surface area contributed by atoms with Crippen LogP contribution in [0.25, 0.3) is 10.8 Å². The third-order valence-electron chi connectivity index (χ3n) is 3.73. The van der Waals surface area contributed by atoms with E-state index in [1.165, 1.54) is 17.2 Å². The summed E-state index contributed by atoms with van der Waals surface area (Å²) in [5.74, 6) is 0.760. The van der Waals surface area contributed by atoms with Gasteiger partial charge in [0.25, 0.3) is 0 Å². The number of carbonyl (C=O) groups excluding carboxylic acids is 1. The monoisotopic (exact) mass is 459 g/mol. The van der Waals surface area contributed by atoms with Crippen LogP contribution in [-0.2, 0) is 22.8 Å². The van der Waals surface area contributed by atoms with Gasteiger partial charge in [0.2, 0.25) is 0 Å². The number of rotatable bonds is 1. The summed E-state index contributed by atoms with van der Waals surface area (Å²) >= 11 is -1.65. The molecule has 1 aliphatic carbocycles. The molecule has 0 spiro atoms. The summed E-state index contributed by atoms with van der Waals surface area (Å²) in [6, 6.07) is 14.7. The Morgan fingerprint density at radius 3 is 2.21 bits per heavy atom. The Hall–Kier alpha value is -0.150. The second-order valence-corrected chi connectivity index (χ2v) is 28.9. The molecular weight excluding hydrogens is 436 g/mol. The molecule has 1 fully saturated rings. The molecule has 132 valence electrons. The summed E-state index contributed by atoms with van der Waals surface area (Å²) in [4.78, 5) is 10.5. The molecule has 0 atom stereocenters. The van der Waals surface area contributed by atoms with E-state index in [1.54, 1.807) is 0 Å². The SMILES string of the molecule is C[Si](C)=[Zr]([Cl])[Cl].NC(=O)[C-]1CCCCC1.c1ccc2[cH-]ccc2c1. The van der Waals surface area contributed by atoms with Crippen LogP contribution in [0.1, 0.15) is 32.1 Å². The maximum Gasteiger partial charge on any atom is 0.0825 e. The molecule has 1 saturated carbocycles. The maximum absolute atomic E-state index is 10.5. The Morgan fingerprint density at radius 2 is 1.75 bits per heavy atom. The van der Waals surface area contributed by atoms with Gasteiger partial charge < -0.3 is 10.5 Å². The zero-order valence-electron chi connectivity index (χ0n) is 14.3. The van der Waals surface area contributed by atoms with Gasteiger partial charge in [-0.05, 0) is 0 Å². The van der Waals surface area contributed by atoms with Gasteiger partial charge in [-0.1, -0.05) is 25.3 Å². The Morgan fingerprint density at radius 1 is 1.17 bits per heavy atom. The van der Waals surface area contributed by atoms with Gasteiger partial charge in [-0.25, -0.2) is 0 Å². The first kappa shape index (κ1) is 21.9. The zero-order valence-corrected chi connectivity index (χ0v) is 19.3. The first-order valence-corrected chi connectivity index (χ1v) is 20.7. The molecule has 2 aromatic carbocycles. The van der Waals surface area contributed by atoms with Crippen molar-refractivity contribution in [3.63, 3.8) is 0 Å². The molecule has 3 rings (SSSR count). The predicted molar refractivity (Wildman–Crippen MR) is 104 cm³/mol. The molecule has 2 nitrogen and oxygen atoms in total. The molecule has 0 radical (unpaired) electrons. The van der Waals surface area contributed by atoms with Crippen molar-refractivity contribution in [2.24, 2.45) is 5.73 Å². The summed E-state index contributed by atoms with van der Waals surface area (Å²) in [7, 11) is 11.2. The van der Waals surface area contributed by atoms with Crippen LogP contribution in [0.15, 0.2) is 42.5 Å². The number of fused-ring (bicyclic) bond motifs is 1. The summed E-state index contributed by atoms with van der Waals surface area (Å²) < 4.78 is 0. The van der Waals surface area contributed by atoms with Crippen LogP contribution in [0.2, 0.25) is 13.1 Å². The average Bonchev–Trinajstić information content (AvgIpc) is 3.05. The molecule has 2 N–H and O–H groups in total. The Balaban J connectivity index is 0.000000185. The van der Waals surface area contributed by atoms with Crippen LogP contribution in [0, 0.1) is 5.92 Å². The van der Waals surface area contributed by atoms with Crippen molar-refractivity contribution in [2.75, 3.05) is 0 Å². The van der Waals surface area contributed by atoms with E-state index in [9.17, 15) is 4.79 Å². The van der Waals surface area contributed by atoms with Crippen molar-refractivity contribution in [2.45, 2.75) is 45.2 Å². The Bertz CT molecular complexity index is 618. The number of hydrogen-bond donors (Lipinski definition) is 1. The average molecular weight is 462 g/mol. The fraction of sp³-hybridized carbons (Fsp3) is 0.389. The number of carbonyl (C=O) groups is 1. The van der Waals surface area contributed by atoms with Gasteiger partial charge in [0.1, 0.15) is 0 Å². The smallest absolute Gasteiger partial charge is 0.0825 e. The van der Waals surface area contributed by atoms with Gasteiger partial charge in [-0.15, -0.1) is 29.7 Å². The predicted octanol–water partition coefficient (Wildman–Crippen LogP) is 5.73. The van der Waals surface area contributed by atoms with E-state index in [2.05, 4.69) is 55.6 Å². The van der Waals surface area contributed by atoms with Crippen molar-refractivity contribution >= 4 is 39.1 Å². The molecule has 0 aliphatic heterocycles. The largest absolute Gasteiger partial charge is 0.394 e. The van der Waals surface area contributed by atoms with Crippen molar-refractivity contribution in [1.82, 2.24) is 0 Å². The number of nitrogens with two attached hydrogens (primary N) is 1. The molecule has 1 amide bonds. The fourth-order valence-electron chi connectivity index (χ4n) is 2.29. The number of benzene rings is 1. The number of halogens is 2. The van der Waals surface area contributed by atoms with Crippen molar-refractivity contribution < 1.29 is 22.8 Å². The van der Waals surface area contributed by atoms with Crippen molar-refractivity contribution in [3.05, 3.63) is 48.4 Å². The third kappa shape index (κ3) is 8.80.